The summed E-state index contributed by atoms with van der Waals surface area (Å²) >= 11 is 0. The summed E-state index contributed by atoms with van der Waals surface area (Å²) in [5.74, 6) is 2.44. The van der Waals surface area contributed by atoms with Crippen LogP contribution in [-0.2, 0) is 14.9 Å². The number of methoxy groups -OCH3 is 1. The summed E-state index contributed by atoms with van der Waals surface area (Å²) in [6, 6.07) is 9.89. The highest BCUT2D eigenvalue weighted by Crippen LogP contribution is 2.62. The first-order valence-corrected chi connectivity index (χ1v) is 12.7. The average Bonchev–Trinajstić information content (AvgIpc) is 2.83. The number of ether oxygens (including phenoxy) is 3. The Morgan fingerprint density at radius 2 is 1.80 bits per heavy atom. The summed E-state index contributed by atoms with van der Waals surface area (Å²) < 4.78 is 16.9. The maximum atomic E-state index is 11.1. The molecule has 1 aromatic heterocycles. The van der Waals surface area contributed by atoms with Gasteiger partial charge in [0.15, 0.2) is 6.79 Å². The molecule has 4 fully saturated rings. The molecule has 0 unspecified atom stereocenters. The van der Waals surface area contributed by atoms with Crippen molar-refractivity contribution in [2.75, 3.05) is 27.1 Å². The van der Waals surface area contributed by atoms with Crippen molar-refractivity contribution in [1.29, 1.82) is 0 Å². The average molecular weight is 478 g/mol. The number of nitrogens with zero attached hydrogens (tertiary/aromatic N) is 1. The van der Waals surface area contributed by atoms with E-state index in [1.807, 2.05) is 0 Å². The molecule has 186 valence electrons. The molecular formula is C29H35NO5. The summed E-state index contributed by atoms with van der Waals surface area (Å²) in [5.41, 5.74) is 4.73. The Balaban J connectivity index is 1.44. The van der Waals surface area contributed by atoms with Crippen LogP contribution in [0.3, 0.4) is 0 Å². The Morgan fingerprint density at radius 3 is 2.40 bits per heavy atom. The molecule has 0 radical (unpaired) electrons. The molecule has 4 aliphatic carbocycles. The highest BCUT2D eigenvalue weighted by Gasteiger charge is 2.52. The van der Waals surface area contributed by atoms with Crippen molar-refractivity contribution in [2.45, 2.75) is 50.9 Å². The van der Waals surface area contributed by atoms with E-state index in [1.165, 1.54) is 44.1 Å². The third-order valence-corrected chi connectivity index (χ3v) is 8.16. The summed E-state index contributed by atoms with van der Waals surface area (Å²) in [6.45, 7) is 3.38. The quantitative estimate of drug-likeness (QED) is 0.344. The second-order valence-corrected chi connectivity index (χ2v) is 10.7. The lowest BCUT2D eigenvalue weighted by Gasteiger charge is -2.57. The zero-order chi connectivity index (χ0) is 24.4. The third kappa shape index (κ3) is 5.14. The number of rotatable bonds is 10. The Morgan fingerprint density at radius 1 is 1.09 bits per heavy atom. The van der Waals surface area contributed by atoms with Crippen LogP contribution in [0.5, 0.6) is 5.75 Å². The second kappa shape index (κ2) is 10.1. The number of benzene rings is 1. The van der Waals surface area contributed by atoms with Crippen LogP contribution in [0.1, 0.15) is 72.6 Å². The molecule has 1 N–H and O–H groups in total. The van der Waals surface area contributed by atoms with Crippen molar-refractivity contribution >= 4 is 17.6 Å². The van der Waals surface area contributed by atoms with Crippen LogP contribution in [0.4, 0.5) is 0 Å². The minimum absolute atomic E-state index is 0.0538. The number of pyridine rings is 1. The van der Waals surface area contributed by atoms with Crippen LogP contribution in [0, 0.1) is 17.8 Å². The highest BCUT2D eigenvalue weighted by molar-refractivity contribution is 5.86. The van der Waals surface area contributed by atoms with Crippen molar-refractivity contribution in [3.05, 3.63) is 58.9 Å². The summed E-state index contributed by atoms with van der Waals surface area (Å²) in [5, 5.41) is 9.11. The number of aromatic nitrogens is 1. The van der Waals surface area contributed by atoms with Gasteiger partial charge in [0.1, 0.15) is 11.4 Å². The number of hydrogen-bond acceptors (Lipinski definition) is 5. The monoisotopic (exact) mass is 477 g/mol. The molecule has 6 heteroatoms. The fourth-order valence-electron chi connectivity index (χ4n) is 7.01. The highest BCUT2D eigenvalue weighted by atomic mass is 16.7. The van der Waals surface area contributed by atoms with Crippen LogP contribution in [0.25, 0.3) is 11.6 Å². The van der Waals surface area contributed by atoms with E-state index in [4.69, 9.17) is 19.3 Å². The molecule has 1 heterocycles. The van der Waals surface area contributed by atoms with Crippen LogP contribution in [0.2, 0.25) is 0 Å². The number of allylic oxidation sites excluding steroid dienone is 1. The number of hydrogen-bond donors (Lipinski definition) is 1. The van der Waals surface area contributed by atoms with Gasteiger partial charge in [-0.2, -0.15) is 0 Å². The van der Waals surface area contributed by atoms with Crippen molar-refractivity contribution in [2.24, 2.45) is 17.8 Å². The minimum atomic E-state index is -1.01. The van der Waals surface area contributed by atoms with Crippen LogP contribution in [-0.4, -0.2) is 43.2 Å². The van der Waals surface area contributed by atoms with Crippen molar-refractivity contribution < 1.29 is 24.1 Å². The van der Waals surface area contributed by atoms with Crippen molar-refractivity contribution in [3.63, 3.8) is 0 Å². The largest absolute Gasteiger partial charge is 0.477 e. The summed E-state index contributed by atoms with van der Waals surface area (Å²) in [4.78, 5) is 15.2. The lowest BCUT2D eigenvalue weighted by atomic mass is 9.48. The molecular weight excluding hydrogens is 442 g/mol. The van der Waals surface area contributed by atoms with E-state index in [1.54, 1.807) is 25.4 Å². The first-order chi connectivity index (χ1) is 17.0. The van der Waals surface area contributed by atoms with Crippen molar-refractivity contribution in [3.8, 4) is 5.75 Å². The van der Waals surface area contributed by atoms with Crippen LogP contribution in [0.15, 0.2) is 36.5 Å². The Kier molecular flexibility index (Phi) is 6.94. The van der Waals surface area contributed by atoms with Gasteiger partial charge in [-0.3, -0.25) is 0 Å². The molecule has 4 aliphatic rings. The lowest BCUT2D eigenvalue weighted by Crippen LogP contribution is -2.48. The van der Waals surface area contributed by atoms with Crippen LogP contribution < -0.4 is 4.74 Å². The molecule has 4 saturated carbocycles. The number of carboxylic acid groups (broad SMARTS) is 1. The van der Waals surface area contributed by atoms with Gasteiger partial charge in [0.2, 0.25) is 0 Å². The lowest BCUT2D eigenvalue weighted by molar-refractivity contribution is -0.0189. The van der Waals surface area contributed by atoms with Crippen LogP contribution >= 0.6 is 0 Å². The molecule has 4 bridgehead atoms. The predicted molar refractivity (Wildman–Crippen MR) is 134 cm³/mol. The standard InChI is InChI=1S/C29H35NO5/c1-19(9-20-3-5-26(28(31)32)30-17-20)24-4-6-27(35-18-34-8-7-33-2)25(13-24)29-14-21-10-22(15-29)12-23(11-21)16-29/h3-6,9,13,17,21-23H,7-8,10-12,14-16,18H2,1-2H3,(H,31,32). The fourth-order valence-corrected chi connectivity index (χ4v) is 7.01. The maximum Gasteiger partial charge on any atom is 0.354 e. The van der Waals surface area contributed by atoms with E-state index >= 15 is 0 Å². The third-order valence-electron chi connectivity index (χ3n) is 8.16. The zero-order valence-electron chi connectivity index (χ0n) is 20.7. The van der Waals surface area contributed by atoms with Gasteiger partial charge in [-0.1, -0.05) is 12.1 Å². The van der Waals surface area contributed by atoms with Gasteiger partial charge in [0.25, 0.3) is 0 Å². The first kappa shape index (κ1) is 24.0. The normalized spacial score (nSPS) is 27.3. The SMILES string of the molecule is COCCOCOc1ccc(C(C)=Cc2ccc(C(=O)O)nc2)cc1C12CC3CC(CC(C3)C1)C2. The Bertz CT molecular complexity index is 1060. The molecule has 1 aromatic carbocycles. The molecule has 0 aliphatic heterocycles. The smallest absolute Gasteiger partial charge is 0.354 e. The van der Waals surface area contributed by atoms with E-state index in [2.05, 4.69) is 36.2 Å². The van der Waals surface area contributed by atoms with Gasteiger partial charge in [0, 0.05) is 18.9 Å². The topological polar surface area (TPSA) is 77.9 Å². The summed E-state index contributed by atoms with van der Waals surface area (Å²) in [6.07, 6.45) is 11.6. The predicted octanol–water partition coefficient (Wildman–Crippen LogP) is 5.81. The molecule has 0 spiro atoms. The van der Waals surface area contributed by atoms with E-state index < -0.39 is 5.97 Å². The Labute approximate surface area is 207 Å². The fraction of sp³-hybridized carbons (Fsp3) is 0.517. The van der Waals surface area contributed by atoms with Gasteiger partial charge in [-0.05, 0) is 110 Å². The van der Waals surface area contributed by atoms with Gasteiger partial charge >= 0.3 is 5.97 Å². The van der Waals surface area contributed by atoms with E-state index in [-0.39, 0.29) is 17.9 Å². The Hall–Kier alpha value is -2.70. The number of carboxylic acids is 1. The molecule has 0 saturated heterocycles. The molecule has 0 atom stereocenters. The number of carbonyl (C=O) groups is 1. The van der Waals surface area contributed by atoms with E-state index in [9.17, 15) is 4.79 Å². The molecule has 6 nitrogen and oxygen atoms in total. The zero-order valence-corrected chi connectivity index (χ0v) is 20.7. The summed E-state index contributed by atoms with van der Waals surface area (Å²) in [7, 11) is 1.67. The van der Waals surface area contributed by atoms with Gasteiger partial charge < -0.3 is 19.3 Å². The van der Waals surface area contributed by atoms with Crippen molar-refractivity contribution in [1.82, 2.24) is 4.98 Å². The second-order valence-electron chi connectivity index (χ2n) is 10.7. The molecule has 6 rings (SSSR count). The molecule has 35 heavy (non-hydrogen) atoms. The molecule has 0 amide bonds. The molecule has 2 aromatic rings. The first-order valence-electron chi connectivity index (χ1n) is 12.7. The van der Waals surface area contributed by atoms with Gasteiger partial charge in [-0.25, -0.2) is 9.78 Å². The van der Waals surface area contributed by atoms with Gasteiger partial charge in [-0.15, -0.1) is 0 Å². The van der Waals surface area contributed by atoms with Gasteiger partial charge in [0.05, 0.1) is 13.2 Å². The van der Waals surface area contributed by atoms with E-state index in [0.29, 0.717) is 13.2 Å². The minimum Gasteiger partial charge on any atom is -0.477 e. The van der Waals surface area contributed by atoms with E-state index in [0.717, 1.165) is 40.2 Å². The number of aromatic carboxylic acids is 1. The maximum absolute atomic E-state index is 11.1.